The number of hydrogen-bond donors (Lipinski definition) is 6. The molecule has 2 aromatic rings. The van der Waals surface area contributed by atoms with Gasteiger partial charge in [0.2, 0.25) is 18.1 Å². The number of nitrogens with one attached hydrogen (secondary N) is 3. The van der Waals surface area contributed by atoms with E-state index < -0.39 is 29.9 Å². The fourth-order valence-corrected chi connectivity index (χ4v) is 3.36. The van der Waals surface area contributed by atoms with Gasteiger partial charge in [-0.2, -0.15) is 0 Å². The molecule has 0 radical (unpaired) electrons. The molecule has 0 saturated heterocycles. The van der Waals surface area contributed by atoms with Crippen LogP contribution >= 0.6 is 0 Å². The molecule has 41 heavy (non-hydrogen) atoms. The van der Waals surface area contributed by atoms with Crippen molar-refractivity contribution in [2.75, 3.05) is 6.54 Å². The number of aliphatic carboxylic acids is 2. The molecule has 0 fully saturated rings. The van der Waals surface area contributed by atoms with Crippen molar-refractivity contribution in [1.29, 1.82) is 0 Å². The van der Waals surface area contributed by atoms with Crippen molar-refractivity contribution in [2.24, 2.45) is 0 Å². The van der Waals surface area contributed by atoms with E-state index in [1.165, 1.54) is 18.4 Å². The minimum atomic E-state index is -1.13. The Balaban J connectivity index is 0.000000390. The minimum absolute atomic E-state index is 0.0195. The van der Waals surface area contributed by atoms with Gasteiger partial charge in [0.05, 0.1) is 0 Å². The van der Waals surface area contributed by atoms with Crippen LogP contribution < -0.4 is 16.0 Å². The van der Waals surface area contributed by atoms with Gasteiger partial charge in [-0.05, 0) is 42.5 Å². The van der Waals surface area contributed by atoms with E-state index in [1.807, 2.05) is 44.2 Å². The second-order valence-electron chi connectivity index (χ2n) is 8.48. The first kappa shape index (κ1) is 34.2. The van der Waals surface area contributed by atoms with Crippen LogP contribution in [0.5, 0.6) is 5.75 Å². The molecule has 0 bridgehead atoms. The van der Waals surface area contributed by atoms with E-state index in [9.17, 15) is 24.0 Å². The number of carbonyl (C=O) groups is 5. The van der Waals surface area contributed by atoms with Crippen LogP contribution in [0.2, 0.25) is 0 Å². The van der Waals surface area contributed by atoms with Gasteiger partial charge in [0.15, 0.2) is 0 Å². The topological polar surface area (TPSA) is 195 Å². The highest BCUT2D eigenvalue weighted by Crippen LogP contribution is 2.15. The second kappa shape index (κ2) is 19.2. The molecule has 0 spiro atoms. The van der Waals surface area contributed by atoms with Crippen molar-refractivity contribution in [1.82, 2.24) is 16.0 Å². The summed E-state index contributed by atoms with van der Waals surface area (Å²) in [5.74, 6) is -2.63. The van der Waals surface area contributed by atoms with Crippen molar-refractivity contribution < 1.29 is 44.0 Å². The number of benzene rings is 2. The molecular formula is C29H37N3O9. The zero-order chi connectivity index (χ0) is 30.6. The van der Waals surface area contributed by atoms with E-state index in [2.05, 4.69) is 20.7 Å². The highest BCUT2D eigenvalue weighted by atomic mass is 16.5. The lowest BCUT2D eigenvalue weighted by Crippen LogP contribution is -2.44. The molecular weight excluding hydrogens is 534 g/mol. The molecule has 3 amide bonds. The molecule has 12 nitrogen and oxygen atoms in total. The zero-order valence-electron chi connectivity index (χ0n) is 23.0. The van der Waals surface area contributed by atoms with Crippen LogP contribution in [0, 0.1) is 0 Å². The van der Waals surface area contributed by atoms with Crippen molar-refractivity contribution in [3.8, 4) is 5.75 Å². The standard InChI is InChI=1S/C15H20N2O4.C12H11NO5.C2H6/c18-11-17-13(7-4-8-14(19)20)15(21)16-10-9-12-5-2-1-3-6-12;14-8-3-1-7(2-4-8)5-9(12(16)17)13-11(15)10-6-18-10;1-2/h1-3,5-6,11,13H,4,7-10H2,(H,16,21)(H,17,18)(H,19,20);1-4,6,9,14H,5H2,(H,13,15)(H,16,17);1-2H3/t13-;;/m0../s1. The largest absolute Gasteiger partial charge is 0.508 e. The highest BCUT2D eigenvalue weighted by molar-refractivity contribution is 5.96. The summed E-state index contributed by atoms with van der Waals surface area (Å²) in [6.07, 6.45) is 3.17. The van der Waals surface area contributed by atoms with Crippen molar-refractivity contribution in [3.63, 3.8) is 0 Å². The van der Waals surface area contributed by atoms with Crippen molar-refractivity contribution in [2.45, 2.75) is 58.0 Å². The van der Waals surface area contributed by atoms with Crippen LogP contribution in [0.4, 0.5) is 0 Å². The molecule has 1 heterocycles. The van der Waals surface area contributed by atoms with E-state index >= 15 is 0 Å². The Bertz CT molecular complexity index is 1150. The number of rotatable bonds is 15. The number of phenolic OH excluding ortho intramolecular Hbond substituents is 1. The van der Waals surface area contributed by atoms with E-state index in [0.29, 0.717) is 37.8 Å². The Morgan fingerprint density at radius 3 is 2.10 bits per heavy atom. The molecule has 1 aliphatic rings. The van der Waals surface area contributed by atoms with E-state index in [1.54, 1.807) is 12.1 Å². The minimum Gasteiger partial charge on any atom is -0.508 e. The zero-order valence-corrected chi connectivity index (χ0v) is 23.0. The monoisotopic (exact) mass is 571 g/mol. The quantitative estimate of drug-likeness (QED) is 0.174. The van der Waals surface area contributed by atoms with Crippen LogP contribution in [0.25, 0.3) is 0 Å². The first-order valence-electron chi connectivity index (χ1n) is 13.1. The van der Waals surface area contributed by atoms with Gasteiger partial charge in [-0.1, -0.05) is 56.3 Å². The highest BCUT2D eigenvalue weighted by Gasteiger charge is 2.27. The predicted molar refractivity (Wildman–Crippen MR) is 150 cm³/mol. The number of ether oxygens (including phenoxy) is 1. The van der Waals surface area contributed by atoms with Crippen LogP contribution in [0.15, 0.2) is 66.6 Å². The molecule has 12 heteroatoms. The fraction of sp³-hybridized carbons (Fsp3) is 0.345. The average molecular weight is 572 g/mol. The summed E-state index contributed by atoms with van der Waals surface area (Å²) in [5, 5.41) is 34.2. The summed E-state index contributed by atoms with van der Waals surface area (Å²) in [6.45, 7) is 4.47. The lowest BCUT2D eigenvalue weighted by Gasteiger charge is -2.15. The van der Waals surface area contributed by atoms with Gasteiger partial charge >= 0.3 is 11.9 Å². The third-order valence-electron chi connectivity index (χ3n) is 5.46. The Kier molecular flexibility index (Phi) is 16.0. The molecule has 0 aromatic heterocycles. The van der Waals surface area contributed by atoms with Crippen molar-refractivity contribution >= 4 is 30.2 Å². The maximum Gasteiger partial charge on any atom is 0.326 e. The normalized spacial score (nSPS) is 12.2. The van der Waals surface area contributed by atoms with Crippen LogP contribution in [-0.2, 0) is 41.6 Å². The SMILES string of the molecule is CC.O=C(NC(Cc1ccc(O)cc1)C(=O)O)C1=CO1.O=CN[C@@H](CCCC(=O)O)C(=O)NCCc1ccccc1. The lowest BCUT2D eigenvalue weighted by molar-refractivity contribution is -0.141. The fourth-order valence-electron chi connectivity index (χ4n) is 3.36. The summed E-state index contributed by atoms with van der Waals surface area (Å²) in [6, 6.07) is 14.1. The third-order valence-corrected chi connectivity index (χ3v) is 5.46. The lowest BCUT2D eigenvalue weighted by atomic mass is 10.1. The number of carbonyl (C=O) groups excluding carboxylic acids is 3. The first-order valence-corrected chi connectivity index (χ1v) is 13.1. The Morgan fingerprint density at radius 2 is 1.56 bits per heavy atom. The van der Waals surface area contributed by atoms with Gasteiger partial charge < -0.3 is 36.0 Å². The number of carboxylic acids is 2. The smallest absolute Gasteiger partial charge is 0.326 e. The van der Waals surface area contributed by atoms with E-state index in [-0.39, 0.29) is 30.3 Å². The van der Waals surface area contributed by atoms with Crippen LogP contribution in [-0.4, -0.2) is 64.1 Å². The average Bonchev–Trinajstić information content (AvgIpc) is 3.81. The molecule has 3 rings (SSSR count). The van der Waals surface area contributed by atoms with Crippen molar-refractivity contribution in [3.05, 3.63) is 77.7 Å². The number of carboxylic acid groups (broad SMARTS) is 2. The summed E-state index contributed by atoms with van der Waals surface area (Å²) < 4.78 is 4.57. The van der Waals surface area contributed by atoms with Gasteiger partial charge in [0, 0.05) is 19.4 Å². The van der Waals surface area contributed by atoms with Gasteiger partial charge in [-0.15, -0.1) is 0 Å². The van der Waals surface area contributed by atoms with Gasteiger partial charge in [-0.3, -0.25) is 19.2 Å². The Morgan fingerprint density at radius 1 is 0.927 bits per heavy atom. The molecule has 1 unspecified atom stereocenters. The Labute approximate surface area is 238 Å². The second-order valence-corrected chi connectivity index (χ2v) is 8.48. The maximum absolute atomic E-state index is 11.9. The molecule has 6 N–H and O–H groups in total. The van der Waals surface area contributed by atoms with Crippen LogP contribution in [0.1, 0.15) is 44.2 Å². The Hall–Kier alpha value is -4.87. The number of hydrogen-bond acceptors (Lipinski definition) is 7. The summed E-state index contributed by atoms with van der Waals surface area (Å²) in [7, 11) is 0. The first-order chi connectivity index (χ1) is 19.7. The predicted octanol–water partition coefficient (Wildman–Crippen LogP) is 2.12. The van der Waals surface area contributed by atoms with Crippen LogP contribution in [0.3, 0.4) is 0 Å². The number of phenols is 1. The van der Waals surface area contributed by atoms with Gasteiger partial charge in [0.1, 0.15) is 24.1 Å². The molecule has 2 atom stereocenters. The summed E-state index contributed by atoms with van der Waals surface area (Å²) >= 11 is 0. The summed E-state index contributed by atoms with van der Waals surface area (Å²) in [5.41, 5.74) is 1.81. The molecule has 0 saturated carbocycles. The molecule has 1 aliphatic heterocycles. The number of amides is 3. The maximum atomic E-state index is 11.9. The third kappa shape index (κ3) is 14.7. The summed E-state index contributed by atoms with van der Waals surface area (Å²) in [4.78, 5) is 55.3. The molecule has 222 valence electrons. The molecule has 2 aromatic carbocycles. The van der Waals surface area contributed by atoms with Gasteiger partial charge in [-0.25, -0.2) is 4.79 Å². The molecule has 0 aliphatic carbocycles. The van der Waals surface area contributed by atoms with E-state index in [0.717, 1.165) is 5.56 Å². The van der Waals surface area contributed by atoms with Gasteiger partial charge in [0.25, 0.3) is 5.91 Å². The number of aromatic hydroxyl groups is 1. The van der Waals surface area contributed by atoms with E-state index in [4.69, 9.17) is 15.3 Å².